The molecule has 2 amide bonds. The third kappa shape index (κ3) is 7.21. The van der Waals surface area contributed by atoms with Gasteiger partial charge >= 0.3 is 0 Å². The number of methoxy groups -OCH3 is 1. The number of nitrogens with zero attached hydrogens (tertiary/aromatic N) is 2. The van der Waals surface area contributed by atoms with Gasteiger partial charge in [0.2, 0.25) is 21.8 Å². The molecule has 9 heteroatoms. The summed E-state index contributed by atoms with van der Waals surface area (Å²) in [6.07, 6.45) is 2.28. The maximum Gasteiger partial charge on any atom is 0.244 e. The highest BCUT2D eigenvalue weighted by atomic mass is 32.2. The summed E-state index contributed by atoms with van der Waals surface area (Å²) in [5.74, 6) is -0.0554. The van der Waals surface area contributed by atoms with E-state index in [1.165, 1.54) is 4.90 Å². The minimum absolute atomic E-state index is 0.158. The fourth-order valence-electron chi connectivity index (χ4n) is 3.65. The average molecular weight is 490 g/mol. The van der Waals surface area contributed by atoms with E-state index in [-0.39, 0.29) is 12.5 Å². The highest BCUT2D eigenvalue weighted by Gasteiger charge is 2.31. The number of carbonyl (C=O) groups excluding carboxylic acids is 2. The third-order valence-electron chi connectivity index (χ3n) is 5.56. The first kappa shape index (κ1) is 27.2. The maximum atomic E-state index is 13.5. The zero-order chi connectivity index (χ0) is 25.3. The lowest BCUT2D eigenvalue weighted by Gasteiger charge is -2.32. The van der Waals surface area contributed by atoms with Gasteiger partial charge in [0.25, 0.3) is 0 Å². The van der Waals surface area contributed by atoms with Crippen molar-refractivity contribution in [2.24, 2.45) is 0 Å². The van der Waals surface area contributed by atoms with Crippen LogP contribution in [0, 0.1) is 0 Å². The normalized spacial score (nSPS) is 12.0. The number of nitrogens with one attached hydrogen (secondary N) is 1. The molecule has 186 valence electrons. The van der Waals surface area contributed by atoms with Gasteiger partial charge in [-0.2, -0.15) is 0 Å². The van der Waals surface area contributed by atoms with Crippen LogP contribution in [0.25, 0.3) is 0 Å². The minimum Gasteiger partial charge on any atom is -0.497 e. The number of hydrogen-bond acceptors (Lipinski definition) is 5. The standard InChI is InChI=1S/C25H35N3O5S/c1-6-19-9-13-21(14-10-19)28(34(5,31)32)18-24(29)27(23(7-2)25(30)26-8-3)17-20-11-15-22(33-4)16-12-20/h9-16,23H,6-8,17-18H2,1-5H3,(H,26,30). The van der Waals surface area contributed by atoms with Gasteiger partial charge in [0.1, 0.15) is 18.3 Å². The van der Waals surface area contributed by atoms with E-state index in [1.807, 2.05) is 45.0 Å². The second-order valence-electron chi connectivity index (χ2n) is 7.98. The number of amides is 2. The molecule has 0 aliphatic rings. The Bertz CT molecular complexity index is 1050. The monoisotopic (exact) mass is 489 g/mol. The van der Waals surface area contributed by atoms with E-state index in [1.54, 1.807) is 31.4 Å². The van der Waals surface area contributed by atoms with Gasteiger partial charge in [-0.25, -0.2) is 8.42 Å². The molecule has 0 fully saturated rings. The number of aryl methyl sites for hydroxylation is 1. The van der Waals surface area contributed by atoms with Crippen molar-refractivity contribution in [3.05, 3.63) is 59.7 Å². The number of anilines is 1. The molecule has 1 unspecified atom stereocenters. The van der Waals surface area contributed by atoms with Crippen molar-refractivity contribution in [2.45, 2.75) is 46.2 Å². The van der Waals surface area contributed by atoms with Gasteiger partial charge < -0.3 is 15.0 Å². The smallest absolute Gasteiger partial charge is 0.244 e. The zero-order valence-corrected chi connectivity index (χ0v) is 21.4. The lowest BCUT2D eigenvalue weighted by atomic mass is 10.1. The molecular weight excluding hydrogens is 454 g/mol. The molecule has 0 aromatic heterocycles. The number of ether oxygens (including phenoxy) is 1. The van der Waals surface area contributed by atoms with Crippen LogP contribution < -0.4 is 14.4 Å². The van der Waals surface area contributed by atoms with Crippen molar-refractivity contribution in [3.8, 4) is 5.75 Å². The fourth-order valence-corrected chi connectivity index (χ4v) is 4.50. The van der Waals surface area contributed by atoms with Gasteiger partial charge in [0.15, 0.2) is 0 Å². The molecule has 1 N–H and O–H groups in total. The van der Waals surface area contributed by atoms with Gasteiger partial charge in [-0.15, -0.1) is 0 Å². The topological polar surface area (TPSA) is 96.0 Å². The Kier molecular flexibility index (Phi) is 9.92. The van der Waals surface area contributed by atoms with E-state index >= 15 is 0 Å². The predicted octanol–water partition coefficient (Wildman–Crippen LogP) is 2.97. The number of sulfonamides is 1. The second kappa shape index (κ2) is 12.4. The fraction of sp³-hybridized carbons (Fsp3) is 0.440. The van der Waals surface area contributed by atoms with Crippen molar-refractivity contribution < 1.29 is 22.7 Å². The van der Waals surface area contributed by atoms with Crippen LogP contribution in [0.15, 0.2) is 48.5 Å². The lowest BCUT2D eigenvalue weighted by molar-refractivity contribution is -0.140. The van der Waals surface area contributed by atoms with Crippen molar-refractivity contribution in [3.63, 3.8) is 0 Å². The molecule has 0 radical (unpaired) electrons. The summed E-state index contributed by atoms with van der Waals surface area (Å²) >= 11 is 0. The van der Waals surface area contributed by atoms with E-state index in [9.17, 15) is 18.0 Å². The van der Waals surface area contributed by atoms with Crippen LogP contribution in [0.4, 0.5) is 5.69 Å². The largest absolute Gasteiger partial charge is 0.497 e. The van der Waals surface area contributed by atoms with E-state index in [4.69, 9.17) is 4.74 Å². The van der Waals surface area contributed by atoms with Crippen LogP contribution in [0.3, 0.4) is 0 Å². The summed E-state index contributed by atoms with van der Waals surface area (Å²) in [6.45, 7) is 5.83. The lowest BCUT2D eigenvalue weighted by Crippen LogP contribution is -2.52. The Morgan fingerprint density at radius 3 is 2.03 bits per heavy atom. The molecule has 8 nitrogen and oxygen atoms in total. The minimum atomic E-state index is -3.74. The molecule has 0 spiro atoms. The van der Waals surface area contributed by atoms with Gasteiger partial charge in [-0.05, 0) is 55.2 Å². The summed E-state index contributed by atoms with van der Waals surface area (Å²) in [4.78, 5) is 27.8. The number of benzene rings is 2. The van der Waals surface area contributed by atoms with Crippen LogP contribution in [0.5, 0.6) is 5.75 Å². The van der Waals surface area contributed by atoms with Crippen molar-refractivity contribution in [1.29, 1.82) is 0 Å². The molecule has 0 heterocycles. The first-order chi connectivity index (χ1) is 16.1. The summed E-state index contributed by atoms with van der Waals surface area (Å²) in [7, 11) is -2.17. The molecule has 1 atom stereocenters. The Hall–Kier alpha value is -3.07. The summed E-state index contributed by atoms with van der Waals surface area (Å²) in [6, 6.07) is 13.5. The molecule has 2 aromatic rings. The summed E-state index contributed by atoms with van der Waals surface area (Å²) in [5.41, 5.74) is 2.27. The highest BCUT2D eigenvalue weighted by molar-refractivity contribution is 7.92. The van der Waals surface area contributed by atoms with Crippen molar-refractivity contribution >= 4 is 27.5 Å². The molecule has 0 saturated carbocycles. The Balaban J connectivity index is 2.40. The molecule has 0 saturated heterocycles. The quantitative estimate of drug-likeness (QED) is 0.495. The number of rotatable bonds is 12. The van der Waals surface area contributed by atoms with Gasteiger partial charge in [-0.1, -0.05) is 38.1 Å². The molecule has 34 heavy (non-hydrogen) atoms. The summed E-state index contributed by atoms with van der Waals surface area (Å²) < 4.78 is 31.5. The summed E-state index contributed by atoms with van der Waals surface area (Å²) in [5, 5.41) is 2.78. The van der Waals surface area contributed by atoms with Crippen LogP contribution in [0.2, 0.25) is 0 Å². The second-order valence-corrected chi connectivity index (χ2v) is 9.88. The van der Waals surface area contributed by atoms with Crippen LogP contribution >= 0.6 is 0 Å². The maximum absolute atomic E-state index is 13.5. The number of likely N-dealkylation sites (N-methyl/N-ethyl adjacent to an activating group) is 1. The number of carbonyl (C=O) groups is 2. The molecular formula is C25H35N3O5S. The van der Waals surface area contributed by atoms with E-state index in [2.05, 4.69) is 5.32 Å². The Labute approximate surface area is 202 Å². The van der Waals surface area contributed by atoms with E-state index < -0.39 is 28.5 Å². The average Bonchev–Trinajstić information content (AvgIpc) is 2.82. The van der Waals surface area contributed by atoms with E-state index in [0.717, 1.165) is 28.1 Å². The van der Waals surface area contributed by atoms with E-state index in [0.29, 0.717) is 24.4 Å². The predicted molar refractivity (Wildman–Crippen MR) is 134 cm³/mol. The van der Waals surface area contributed by atoms with Crippen LogP contribution in [-0.2, 0) is 32.6 Å². The zero-order valence-electron chi connectivity index (χ0n) is 20.6. The van der Waals surface area contributed by atoms with Gasteiger partial charge in [-0.3, -0.25) is 13.9 Å². The van der Waals surface area contributed by atoms with Crippen molar-refractivity contribution in [1.82, 2.24) is 10.2 Å². The molecule has 2 aromatic carbocycles. The third-order valence-corrected chi connectivity index (χ3v) is 6.70. The SMILES string of the molecule is CCNC(=O)C(CC)N(Cc1ccc(OC)cc1)C(=O)CN(c1ccc(CC)cc1)S(C)(=O)=O. The molecule has 0 aliphatic heterocycles. The Morgan fingerprint density at radius 2 is 1.56 bits per heavy atom. The van der Waals surface area contributed by atoms with Crippen molar-refractivity contribution in [2.75, 3.05) is 30.8 Å². The van der Waals surface area contributed by atoms with Gasteiger partial charge in [0, 0.05) is 13.1 Å². The van der Waals surface area contributed by atoms with Gasteiger partial charge in [0.05, 0.1) is 19.1 Å². The number of hydrogen-bond donors (Lipinski definition) is 1. The highest BCUT2D eigenvalue weighted by Crippen LogP contribution is 2.21. The first-order valence-corrected chi connectivity index (χ1v) is 13.3. The Morgan fingerprint density at radius 1 is 0.971 bits per heavy atom. The molecule has 0 aliphatic carbocycles. The first-order valence-electron chi connectivity index (χ1n) is 11.4. The van der Waals surface area contributed by atoms with Crippen LogP contribution in [0.1, 0.15) is 38.3 Å². The van der Waals surface area contributed by atoms with Crippen LogP contribution in [-0.4, -0.2) is 57.6 Å². The molecule has 0 bridgehead atoms. The molecule has 2 rings (SSSR count).